The molecule has 1 saturated heterocycles. The number of thiazole rings is 1. The van der Waals surface area contributed by atoms with Crippen LogP contribution in [0.25, 0.3) is 0 Å². The molecule has 3 rings (SSSR count). The first-order valence-corrected chi connectivity index (χ1v) is 7.59. The van der Waals surface area contributed by atoms with Crippen molar-refractivity contribution in [3.05, 3.63) is 46.2 Å². The average molecular weight is 315 g/mol. The van der Waals surface area contributed by atoms with Crippen LogP contribution < -0.4 is 9.70 Å². The highest BCUT2D eigenvalue weighted by Crippen LogP contribution is 2.23. The number of rotatable bonds is 2. The first-order chi connectivity index (χ1) is 10.6. The van der Waals surface area contributed by atoms with Gasteiger partial charge in [0.15, 0.2) is 4.80 Å². The third kappa shape index (κ3) is 2.62. The van der Waals surface area contributed by atoms with Gasteiger partial charge in [-0.15, -0.1) is 11.3 Å². The van der Waals surface area contributed by atoms with E-state index in [4.69, 9.17) is 0 Å². The van der Waals surface area contributed by atoms with Crippen molar-refractivity contribution in [1.82, 2.24) is 4.57 Å². The van der Waals surface area contributed by atoms with Crippen LogP contribution in [-0.4, -0.2) is 22.3 Å². The van der Waals surface area contributed by atoms with Gasteiger partial charge in [0.1, 0.15) is 0 Å². The summed E-state index contributed by atoms with van der Waals surface area (Å²) >= 11 is 1.36. The molecule has 0 atom stereocenters. The van der Waals surface area contributed by atoms with E-state index in [9.17, 15) is 14.4 Å². The van der Waals surface area contributed by atoms with Crippen LogP contribution >= 0.6 is 11.3 Å². The zero-order valence-electron chi connectivity index (χ0n) is 11.9. The molecule has 0 unspecified atom stereocenters. The first-order valence-electron chi connectivity index (χ1n) is 6.71. The Morgan fingerprint density at radius 2 is 1.95 bits per heavy atom. The van der Waals surface area contributed by atoms with Crippen LogP contribution in [0.15, 0.2) is 40.8 Å². The molecule has 1 aliphatic heterocycles. The number of carbonyl (C=O) groups excluding carboxylic acids is 3. The van der Waals surface area contributed by atoms with Crippen LogP contribution in [0.5, 0.6) is 0 Å². The van der Waals surface area contributed by atoms with E-state index >= 15 is 0 Å². The van der Waals surface area contributed by atoms with E-state index in [0.29, 0.717) is 16.1 Å². The molecule has 3 amide bonds. The summed E-state index contributed by atoms with van der Waals surface area (Å²) in [7, 11) is 1.81. The van der Waals surface area contributed by atoms with Gasteiger partial charge in [-0.1, -0.05) is 6.07 Å². The maximum atomic E-state index is 12.2. The number of hydrogen-bond acceptors (Lipinski definition) is 4. The van der Waals surface area contributed by atoms with Crippen LogP contribution in [0, 0.1) is 0 Å². The maximum Gasteiger partial charge on any atom is 0.279 e. The molecular formula is C15H13N3O3S. The van der Waals surface area contributed by atoms with Crippen LogP contribution in [0.1, 0.15) is 23.2 Å². The van der Waals surface area contributed by atoms with Gasteiger partial charge in [0.05, 0.1) is 5.69 Å². The van der Waals surface area contributed by atoms with Gasteiger partial charge in [-0.3, -0.25) is 19.3 Å². The number of aromatic nitrogens is 1. The second kappa shape index (κ2) is 5.69. The van der Waals surface area contributed by atoms with Crippen molar-refractivity contribution in [2.45, 2.75) is 12.8 Å². The van der Waals surface area contributed by atoms with E-state index in [1.54, 1.807) is 29.8 Å². The van der Waals surface area contributed by atoms with Crippen molar-refractivity contribution >= 4 is 34.7 Å². The molecule has 6 nitrogen and oxygen atoms in total. The Bertz CT molecular complexity index is 818. The lowest BCUT2D eigenvalue weighted by Gasteiger charge is -2.14. The molecule has 2 aromatic rings. The zero-order valence-corrected chi connectivity index (χ0v) is 12.7. The Balaban J connectivity index is 1.95. The fourth-order valence-corrected chi connectivity index (χ4v) is 2.96. The fourth-order valence-electron chi connectivity index (χ4n) is 2.23. The third-order valence-corrected chi connectivity index (χ3v) is 4.21. The van der Waals surface area contributed by atoms with Crippen LogP contribution in [0.3, 0.4) is 0 Å². The molecule has 112 valence electrons. The lowest BCUT2D eigenvalue weighted by Crippen LogP contribution is -2.28. The van der Waals surface area contributed by atoms with Crippen molar-refractivity contribution in [3.8, 4) is 0 Å². The largest absolute Gasteiger partial charge is 0.327 e. The summed E-state index contributed by atoms with van der Waals surface area (Å²) in [5, 5.41) is 1.84. The maximum absolute atomic E-state index is 12.2. The van der Waals surface area contributed by atoms with Gasteiger partial charge in [0.25, 0.3) is 5.91 Å². The standard InChI is InChI=1S/C15H13N3O3S/c1-17-7-8-22-15(17)16-14(21)10-3-2-4-11(9-10)18-12(19)5-6-13(18)20/h2-4,7-9H,5-6H2,1H3. The summed E-state index contributed by atoms with van der Waals surface area (Å²) in [5.41, 5.74) is 0.766. The Kier molecular flexibility index (Phi) is 3.72. The molecule has 0 radical (unpaired) electrons. The third-order valence-electron chi connectivity index (χ3n) is 3.36. The van der Waals surface area contributed by atoms with Gasteiger partial charge in [-0.2, -0.15) is 4.99 Å². The summed E-state index contributed by atoms with van der Waals surface area (Å²) < 4.78 is 1.75. The molecule has 1 aromatic heterocycles. The van der Waals surface area contributed by atoms with Gasteiger partial charge in [0.2, 0.25) is 11.8 Å². The molecule has 1 fully saturated rings. The molecule has 0 N–H and O–H groups in total. The highest BCUT2D eigenvalue weighted by Gasteiger charge is 2.30. The Morgan fingerprint density at radius 3 is 2.59 bits per heavy atom. The molecule has 0 saturated carbocycles. The number of benzene rings is 1. The molecular weight excluding hydrogens is 302 g/mol. The molecule has 7 heteroatoms. The molecule has 2 heterocycles. The second-order valence-electron chi connectivity index (χ2n) is 4.89. The van der Waals surface area contributed by atoms with E-state index in [-0.39, 0.29) is 24.7 Å². The first kappa shape index (κ1) is 14.4. The lowest BCUT2D eigenvalue weighted by atomic mass is 10.2. The smallest absolute Gasteiger partial charge is 0.279 e. The molecule has 0 spiro atoms. The normalized spacial score (nSPS) is 15.7. The van der Waals surface area contributed by atoms with Gasteiger partial charge in [0, 0.05) is 37.0 Å². The predicted octanol–water partition coefficient (Wildman–Crippen LogP) is 1.48. The van der Waals surface area contributed by atoms with E-state index in [0.717, 1.165) is 4.90 Å². The minimum absolute atomic E-state index is 0.215. The zero-order chi connectivity index (χ0) is 15.7. The molecule has 1 aromatic carbocycles. The molecule has 0 aliphatic carbocycles. The number of carbonyl (C=O) groups is 3. The van der Waals surface area contributed by atoms with E-state index in [2.05, 4.69) is 4.99 Å². The highest BCUT2D eigenvalue weighted by molar-refractivity contribution is 7.07. The van der Waals surface area contributed by atoms with Gasteiger partial charge in [-0.05, 0) is 18.2 Å². The van der Waals surface area contributed by atoms with Gasteiger partial charge in [-0.25, -0.2) is 0 Å². The summed E-state index contributed by atoms with van der Waals surface area (Å²) in [6, 6.07) is 6.43. The number of imide groups is 1. The number of hydrogen-bond donors (Lipinski definition) is 0. The van der Waals surface area contributed by atoms with E-state index in [1.165, 1.54) is 17.4 Å². The number of nitrogens with zero attached hydrogens (tertiary/aromatic N) is 3. The summed E-state index contributed by atoms with van der Waals surface area (Å²) in [6.07, 6.45) is 2.24. The van der Waals surface area contributed by atoms with Crippen LogP contribution in [-0.2, 0) is 16.6 Å². The Morgan fingerprint density at radius 1 is 1.23 bits per heavy atom. The monoisotopic (exact) mass is 315 g/mol. The number of aryl methyl sites for hydroxylation is 1. The van der Waals surface area contributed by atoms with Crippen molar-refractivity contribution in [2.24, 2.45) is 12.0 Å². The second-order valence-corrected chi connectivity index (χ2v) is 5.76. The minimum Gasteiger partial charge on any atom is -0.327 e. The predicted molar refractivity (Wildman–Crippen MR) is 81.4 cm³/mol. The van der Waals surface area contributed by atoms with Crippen molar-refractivity contribution in [1.29, 1.82) is 0 Å². The quantitative estimate of drug-likeness (QED) is 0.788. The summed E-state index contributed by atoms with van der Waals surface area (Å²) in [5.74, 6) is -0.883. The highest BCUT2D eigenvalue weighted by atomic mass is 32.1. The Labute approximate surface area is 130 Å². The fraction of sp³-hybridized carbons (Fsp3) is 0.200. The summed E-state index contributed by atoms with van der Waals surface area (Å²) in [4.78, 5) is 41.5. The van der Waals surface area contributed by atoms with Crippen LogP contribution in [0.2, 0.25) is 0 Å². The SMILES string of the molecule is Cn1ccsc1=NC(=O)c1cccc(N2C(=O)CCC2=O)c1. The minimum atomic E-state index is -0.404. The Hall–Kier alpha value is -2.54. The van der Waals surface area contributed by atoms with E-state index in [1.807, 2.05) is 11.6 Å². The van der Waals surface area contributed by atoms with Gasteiger partial charge < -0.3 is 4.57 Å². The summed E-state index contributed by atoms with van der Waals surface area (Å²) in [6.45, 7) is 0. The van der Waals surface area contributed by atoms with E-state index < -0.39 is 5.91 Å². The molecule has 0 bridgehead atoms. The number of anilines is 1. The van der Waals surface area contributed by atoms with Gasteiger partial charge >= 0.3 is 0 Å². The lowest BCUT2D eigenvalue weighted by molar-refractivity contribution is -0.121. The van der Waals surface area contributed by atoms with Crippen molar-refractivity contribution in [3.63, 3.8) is 0 Å². The average Bonchev–Trinajstić information content (AvgIpc) is 3.05. The topological polar surface area (TPSA) is 71.7 Å². The van der Waals surface area contributed by atoms with Crippen molar-refractivity contribution < 1.29 is 14.4 Å². The van der Waals surface area contributed by atoms with Crippen LogP contribution in [0.4, 0.5) is 5.69 Å². The molecule has 22 heavy (non-hydrogen) atoms. The molecule has 1 aliphatic rings. The van der Waals surface area contributed by atoms with Crippen molar-refractivity contribution in [2.75, 3.05) is 4.90 Å². The number of amides is 3.